The van der Waals surface area contributed by atoms with Gasteiger partial charge in [-0.2, -0.15) is 0 Å². The van der Waals surface area contributed by atoms with Crippen LogP contribution >= 0.6 is 0 Å². The first-order chi connectivity index (χ1) is 26.5. The van der Waals surface area contributed by atoms with Crippen molar-refractivity contribution in [2.75, 3.05) is 72.5 Å². The molecule has 0 unspecified atom stereocenters. The summed E-state index contributed by atoms with van der Waals surface area (Å²) in [7, 11) is -10.3. The summed E-state index contributed by atoms with van der Waals surface area (Å²) in [6.07, 6.45) is 16.4. The summed E-state index contributed by atoms with van der Waals surface area (Å²) in [4.78, 5) is 32.1. The smallest absolute Gasteiger partial charge is 0.222 e. The zero-order valence-corrected chi connectivity index (χ0v) is 39.5. The number of carbonyl (C=O) groups excluding carboxylic acids is 2. The molecule has 4 rings (SSSR count). The van der Waals surface area contributed by atoms with Crippen molar-refractivity contribution in [3.8, 4) is 0 Å². The van der Waals surface area contributed by atoms with Crippen LogP contribution in [-0.2, 0) is 65.5 Å². The molecule has 2 saturated heterocycles. The number of Topliss-reactive ketones (excluding diaryl/α,β-unsaturated/α-hetero) is 2. The van der Waals surface area contributed by atoms with E-state index in [4.69, 9.17) is 0 Å². The molecule has 1 N–H and O–H groups in total. The summed E-state index contributed by atoms with van der Waals surface area (Å²) in [6, 6.07) is 16.4. The van der Waals surface area contributed by atoms with Crippen molar-refractivity contribution in [2.45, 2.75) is 87.1 Å². The second-order valence-corrected chi connectivity index (χ2v) is 22.1. The summed E-state index contributed by atoms with van der Waals surface area (Å²) in [5.74, 6) is 0.533. The van der Waals surface area contributed by atoms with Gasteiger partial charge in [0.2, 0.25) is 37.0 Å². The Labute approximate surface area is 353 Å². The van der Waals surface area contributed by atoms with E-state index in [-0.39, 0.29) is 44.4 Å². The van der Waals surface area contributed by atoms with Gasteiger partial charge in [0.1, 0.15) is 25.0 Å². The van der Waals surface area contributed by atoms with Crippen LogP contribution in [0.5, 0.6) is 0 Å². The van der Waals surface area contributed by atoms with Crippen LogP contribution in [0.1, 0.15) is 86.9 Å². The second-order valence-electron chi connectivity index (χ2n) is 14.5. The number of benzene rings is 2. The van der Waals surface area contributed by atoms with Gasteiger partial charge in [-0.05, 0) is 121 Å². The molecule has 21 heteroatoms. The SMILES string of the molecule is COS(=O)(=O)[O-].COS(=O)(=O)[O-].COS(=O)(=O)[O-].C[S+](C)c1ccc(C(=O)C(C)(C)N2CCCCC2)cc1.C[S+](C)c1ccc(C(=O)C(C)(C)[NH+]2CCCCC2)cc1. The summed E-state index contributed by atoms with van der Waals surface area (Å²) < 4.78 is 93.1. The molecule has 0 amide bonds. The first-order valence-electron chi connectivity index (χ1n) is 18.1. The van der Waals surface area contributed by atoms with Crippen LogP contribution in [0.15, 0.2) is 58.3 Å². The molecule has 2 heterocycles. The standard InChI is InChI=1S/2C17H26NOS.3CH4O4S/c2*1-17(2,18-12-6-5-7-13-18)16(19)14-8-10-15(11-9-14)20(3)4;3*1-5-6(2,3)4/h2*8-11H,5-7,12-13H2,1-4H3;3*1H3,(H,2,3,4)/q2*+1;;;/p-2. The second kappa shape index (κ2) is 25.7. The van der Waals surface area contributed by atoms with E-state index in [0.29, 0.717) is 0 Å². The highest BCUT2D eigenvalue weighted by molar-refractivity contribution is 7.95. The van der Waals surface area contributed by atoms with Crippen LogP contribution in [-0.4, -0.2) is 139 Å². The number of nitrogens with one attached hydrogen (secondary N) is 1. The fraction of sp³-hybridized carbons (Fsp3) is 0.622. The molecule has 0 bridgehead atoms. The fourth-order valence-corrected chi connectivity index (χ4v) is 7.19. The number of rotatable bonds is 11. The number of likely N-dealkylation sites (tertiary alicyclic amines) is 2. The average Bonchev–Trinajstić information content (AvgIpc) is 3.18. The van der Waals surface area contributed by atoms with E-state index in [1.807, 2.05) is 24.3 Å². The van der Waals surface area contributed by atoms with E-state index in [2.05, 4.69) is 94.4 Å². The maximum absolute atomic E-state index is 12.8. The lowest BCUT2D eigenvalue weighted by molar-refractivity contribution is -0.941. The Kier molecular flexibility index (Phi) is 24.8. The van der Waals surface area contributed by atoms with Crippen molar-refractivity contribution in [3.63, 3.8) is 0 Å². The van der Waals surface area contributed by atoms with Crippen LogP contribution in [0.2, 0.25) is 0 Å². The minimum Gasteiger partial charge on any atom is -0.726 e. The molecule has 0 saturated carbocycles. The zero-order chi connectivity index (χ0) is 45.1. The number of nitrogens with zero attached hydrogens (tertiary/aromatic N) is 1. The van der Waals surface area contributed by atoms with E-state index in [9.17, 15) is 48.5 Å². The lowest BCUT2D eigenvalue weighted by atomic mass is 9.89. The third-order valence-electron chi connectivity index (χ3n) is 9.40. The predicted molar refractivity (Wildman–Crippen MR) is 225 cm³/mol. The Morgan fingerprint density at radius 2 is 0.862 bits per heavy atom. The van der Waals surface area contributed by atoms with E-state index in [0.717, 1.165) is 58.6 Å². The molecular formula is C37H62N2O14S5. The number of piperidine rings is 2. The molecule has 0 spiro atoms. The zero-order valence-electron chi connectivity index (χ0n) is 35.4. The van der Waals surface area contributed by atoms with Crippen LogP contribution in [0, 0.1) is 0 Å². The van der Waals surface area contributed by atoms with E-state index >= 15 is 0 Å². The normalized spacial score (nSPS) is 15.7. The van der Waals surface area contributed by atoms with Gasteiger partial charge in [-0.15, -0.1) is 0 Å². The maximum atomic E-state index is 12.8. The molecule has 2 aliphatic heterocycles. The van der Waals surface area contributed by atoms with Gasteiger partial charge in [-0.25, -0.2) is 25.3 Å². The Hall–Kier alpha value is -1.99. The quantitative estimate of drug-likeness (QED) is 0.148. The number of carbonyl (C=O) groups is 2. The maximum Gasteiger partial charge on any atom is 0.222 e. The fourth-order valence-electron chi connectivity index (χ4n) is 5.83. The van der Waals surface area contributed by atoms with Crippen molar-refractivity contribution >= 4 is 64.6 Å². The number of hydrogen-bond donors (Lipinski definition) is 1. The Morgan fingerprint density at radius 3 is 1.16 bits per heavy atom. The molecule has 2 aliphatic rings. The van der Waals surface area contributed by atoms with Crippen molar-refractivity contribution in [2.24, 2.45) is 0 Å². The molecule has 58 heavy (non-hydrogen) atoms. The highest BCUT2D eigenvalue weighted by atomic mass is 32.3. The molecule has 2 aromatic carbocycles. The highest BCUT2D eigenvalue weighted by Crippen LogP contribution is 2.25. The summed E-state index contributed by atoms with van der Waals surface area (Å²) in [5.41, 5.74) is 1.02. The molecule has 334 valence electrons. The van der Waals surface area contributed by atoms with Gasteiger partial charge in [-0.3, -0.25) is 27.0 Å². The minimum atomic E-state index is -4.41. The third kappa shape index (κ3) is 22.0. The van der Waals surface area contributed by atoms with Crippen LogP contribution in [0.4, 0.5) is 0 Å². The summed E-state index contributed by atoms with van der Waals surface area (Å²) in [5, 5.41) is 0. The summed E-state index contributed by atoms with van der Waals surface area (Å²) >= 11 is 0. The van der Waals surface area contributed by atoms with Gasteiger partial charge in [0.25, 0.3) is 0 Å². The molecular weight excluding hydrogens is 857 g/mol. The van der Waals surface area contributed by atoms with Crippen LogP contribution in [0.3, 0.4) is 0 Å². The summed E-state index contributed by atoms with van der Waals surface area (Å²) in [6.45, 7) is 12.7. The van der Waals surface area contributed by atoms with Gasteiger partial charge in [0.15, 0.2) is 21.1 Å². The number of hydrogen-bond acceptors (Lipinski definition) is 15. The average molecular weight is 919 g/mol. The largest absolute Gasteiger partial charge is 0.726 e. The van der Waals surface area contributed by atoms with Crippen molar-refractivity contribution in [1.29, 1.82) is 0 Å². The van der Waals surface area contributed by atoms with Gasteiger partial charge in [-0.1, -0.05) is 6.42 Å². The first-order valence-corrected chi connectivity index (χ1v) is 26.2. The highest BCUT2D eigenvalue weighted by Gasteiger charge is 2.40. The molecule has 2 fully saturated rings. The van der Waals surface area contributed by atoms with Crippen molar-refractivity contribution in [1.82, 2.24) is 4.90 Å². The van der Waals surface area contributed by atoms with Gasteiger partial charge in [0.05, 0.1) is 40.0 Å². The lowest BCUT2D eigenvalue weighted by Crippen LogP contribution is -3.21. The Morgan fingerprint density at radius 1 is 0.569 bits per heavy atom. The molecule has 0 aliphatic carbocycles. The third-order valence-corrected chi connectivity index (χ3v) is 13.1. The van der Waals surface area contributed by atoms with Crippen LogP contribution in [0.25, 0.3) is 0 Å². The Balaban J connectivity index is 0.000000794. The van der Waals surface area contributed by atoms with E-state index in [1.54, 1.807) is 0 Å². The lowest BCUT2D eigenvalue weighted by Gasteiger charge is -2.39. The van der Waals surface area contributed by atoms with E-state index < -0.39 is 31.2 Å². The Bertz CT molecular complexity index is 1690. The predicted octanol–water partition coefficient (Wildman–Crippen LogP) is 2.60. The monoisotopic (exact) mass is 918 g/mol. The van der Waals surface area contributed by atoms with Crippen molar-refractivity contribution in [3.05, 3.63) is 59.7 Å². The topological polar surface area (TPSA) is 241 Å². The van der Waals surface area contributed by atoms with Gasteiger partial charge in [0, 0.05) is 32.9 Å². The molecule has 16 nitrogen and oxygen atoms in total. The molecule has 0 radical (unpaired) electrons. The molecule has 2 aromatic rings. The van der Waals surface area contributed by atoms with E-state index in [1.165, 1.54) is 53.2 Å². The van der Waals surface area contributed by atoms with Gasteiger partial charge < -0.3 is 18.6 Å². The van der Waals surface area contributed by atoms with Crippen molar-refractivity contribution < 1.29 is 65.9 Å². The van der Waals surface area contributed by atoms with Crippen LogP contribution < -0.4 is 4.90 Å². The first kappa shape index (κ1) is 56.0. The molecule has 0 aromatic heterocycles. The van der Waals surface area contributed by atoms with Gasteiger partial charge >= 0.3 is 0 Å². The molecule has 0 atom stereocenters. The number of quaternary nitrogens is 1. The minimum absolute atomic E-state index is 0.248. The number of ketones is 2.